The van der Waals surface area contributed by atoms with Crippen molar-refractivity contribution in [2.45, 2.75) is 51.2 Å². The van der Waals surface area contributed by atoms with E-state index < -0.39 is 5.79 Å². The molecule has 0 aromatic rings. The summed E-state index contributed by atoms with van der Waals surface area (Å²) in [6.07, 6.45) is 6.79. The van der Waals surface area contributed by atoms with E-state index in [2.05, 4.69) is 6.92 Å². The minimum atomic E-state index is -0.952. The fourth-order valence-corrected chi connectivity index (χ4v) is 1.03. The fraction of sp³-hybridized carbons (Fsp3) is 1.00. The molecule has 0 radical (unpaired) electrons. The standard InChI is InChI=1S/C8H21N3/c1-2-3-4-5-6-7-8(9,10)11/h2-7,9-11H2,1H3. The van der Waals surface area contributed by atoms with Gasteiger partial charge >= 0.3 is 0 Å². The largest absolute Gasteiger partial charge is 0.301 e. The Labute approximate surface area is 69.3 Å². The molecule has 0 bridgehead atoms. The van der Waals surface area contributed by atoms with Crippen molar-refractivity contribution in [1.29, 1.82) is 0 Å². The minimum Gasteiger partial charge on any atom is -0.301 e. The van der Waals surface area contributed by atoms with Crippen molar-refractivity contribution in [3.8, 4) is 0 Å². The van der Waals surface area contributed by atoms with Crippen LogP contribution in [0.25, 0.3) is 0 Å². The Kier molecular flexibility index (Phi) is 5.46. The molecule has 0 fully saturated rings. The van der Waals surface area contributed by atoms with E-state index in [-0.39, 0.29) is 0 Å². The van der Waals surface area contributed by atoms with Gasteiger partial charge in [-0.1, -0.05) is 32.6 Å². The molecule has 11 heavy (non-hydrogen) atoms. The lowest BCUT2D eigenvalue weighted by atomic mass is 10.1. The summed E-state index contributed by atoms with van der Waals surface area (Å²) in [5.74, 6) is -0.952. The van der Waals surface area contributed by atoms with Gasteiger partial charge in [0.1, 0.15) is 5.79 Å². The lowest BCUT2D eigenvalue weighted by molar-refractivity contribution is 0.401. The molecule has 0 aliphatic carbocycles. The van der Waals surface area contributed by atoms with Gasteiger partial charge in [-0.3, -0.25) is 0 Å². The molecule has 6 N–H and O–H groups in total. The van der Waals surface area contributed by atoms with E-state index >= 15 is 0 Å². The van der Waals surface area contributed by atoms with Crippen LogP contribution < -0.4 is 17.2 Å². The van der Waals surface area contributed by atoms with Gasteiger partial charge in [0.15, 0.2) is 0 Å². The zero-order valence-corrected chi connectivity index (χ0v) is 7.47. The fourth-order valence-electron chi connectivity index (χ4n) is 1.03. The molecule has 68 valence electrons. The van der Waals surface area contributed by atoms with E-state index in [0.29, 0.717) is 0 Å². The molecule has 0 aromatic heterocycles. The molecule has 3 heteroatoms. The van der Waals surface area contributed by atoms with Gasteiger partial charge in [-0.15, -0.1) is 0 Å². The summed E-state index contributed by atoms with van der Waals surface area (Å²) in [5.41, 5.74) is 16.2. The van der Waals surface area contributed by atoms with Crippen molar-refractivity contribution in [2.24, 2.45) is 17.2 Å². The summed E-state index contributed by atoms with van der Waals surface area (Å²) in [7, 11) is 0. The number of hydrogen-bond donors (Lipinski definition) is 3. The summed E-state index contributed by atoms with van der Waals surface area (Å²) >= 11 is 0. The van der Waals surface area contributed by atoms with Crippen LogP contribution in [0.15, 0.2) is 0 Å². The first-order valence-electron chi connectivity index (χ1n) is 4.43. The molecule has 0 saturated heterocycles. The molecule has 0 amide bonds. The average Bonchev–Trinajstić information content (AvgIpc) is 1.85. The molecule has 0 aliphatic rings. The van der Waals surface area contributed by atoms with Crippen molar-refractivity contribution < 1.29 is 0 Å². The Bertz CT molecular complexity index is 85.8. The number of rotatable bonds is 6. The van der Waals surface area contributed by atoms with Crippen LogP contribution in [0.4, 0.5) is 0 Å². The van der Waals surface area contributed by atoms with Crippen molar-refractivity contribution in [3.63, 3.8) is 0 Å². The van der Waals surface area contributed by atoms with Crippen LogP contribution in [0.1, 0.15) is 45.4 Å². The summed E-state index contributed by atoms with van der Waals surface area (Å²) < 4.78 is 0. The molecule has 0 aromatic carbocycles. The maximum Gasteiger partial charge on any atom is 0.115 e. The molecule has 0 saturated carbocycles. The molecule has 3 nitrogen and oxygen atoms in total. The van der Waals surface area contributed by atoms with Crippen molar-refractivity contribution >= 4 is 0 Å². The lowest BCUT2D eigenvalue weighted by Crippen LogP contribution is -2.57. The van der Waals surface area contributed by atoms with E-state index in [4.69, 9.17) is 17.2 Å². The van der Waals surface area contributed by atoms with Gasteiger partial charge in [0.2, 0.25) is 0 Å². The van der Waals surface area contributed by atoms with Crippen molar-refractivity contribution in [3.05, 3.63) is 0 Å². The highest BCUT2D eigenvalue weighted by Gasteiger charge is 2.09. The van der Waals surface area contributed by atoms with E-state index in [0.717, 1.165) is 12.8 Å². The monoisotopic (exact) mass is 159 g/mol. The zero-order valence-electron chi connectivity index (χ0n) is 7.47. The topological polar surface area (TPSA) is 78.1 Å². The molecular weight excluding hydrogens is 138 g/mol. The van der Waals surface area contributed by atoms with E-state index in [1.54, 1.807) is 0 Å². The van der Waals surface area contributed by atoms with Crippen LogP contribution in [0.2, 0.25) is 0 Å². The summed E-state index contributed by atoms with van der Waals surface area (Å²) in [4.78, 5) is 0. The maximum absolute atomic E-state index is 5.41. The Morgan fingerprint density at radius 2 is 1.45 bits per heavy atom. The van der Waals surface area contributed by atoms with Crippen LogP contribution >= 0.6 is 0 Å². The van der Waals surface area contributed by atoms with Crippen LogP contribution in [0.5, 0.6) is 0 Å². The molecule has 0 spiro atoms. The normalized spacial score (nSPS) is 12.0. The van der Waals surface area contributed by atoms with Crippen LogP contribution in [-0.2, 0) is 0 Å². The first-order valence-corrected chi connectivity index (χ1v) is 4.43. The average molecular weight is 159 g/mol. The quantitative estimate of drug-likeness (QED) is 0.397. The van der Waals surface area contributed by atoms with Crippen LogP contribution in [0.3, 0.4) is 0 Å². The first kappa shape index (κ1) is 10.9. The second kappa shape index (κ2) is 5.52. The summed E-state index contributed by atoms with van der Waals surface area (Å²) in [5, 5.41) is 0. The highest BCUT2D eigenvalue weighted by molar-refractivity contribution is 4.66. The SMILES string of the molecule is CCCCCCCC(N)(N)N. The predicted octanol–water partition coefficient (Wildman–Crippen LogP) is 0.877. The minimum absolute atomic E-state index is 0.719. The summed E-state index contributed by atoms with van der Waals surface area (Å²) in [6, 6.07) is 0. The maximum atomic E-state index is 5.41. The first-order chi connectivity index (χ1) is 5.06. The smallest absolute Gasteiger partial charge is 0.115 e. The highest BCUT2D eigenvalue weighted by Crippen LogP contribution is 2.06. The Hall–Kier alpha value is -0.120. The lowest BCUT2D eigenvalue weighted by Gasteiger charge is -2.17. The molecule has 0 unspecified atom stereocenters. The van der Waals surface area contributed by atoms with Crippen LogP contribution in [0, 0.1) is 0 Å². The second-order valence-electron chi connectivity index (χ2n) is 3.28. The molecule has 0 heterocycles. The predicted molar refractivity (Wildman–Crippen MR) is 48.7 cm³/mol. The number of nitrogens with two attached hydrogens (primary N) is 3. The van der Waals surface area contributed by atoms with Gasteiger partial charge in [0.25, 0.3) is 0 Å². The van der Waals surface area contributed by atoms with Crippen LogP contribution in [-0.4, -0.2) is 5.79 Å². The third kappa shape index (κ3) is 9.88. The van der Waals surface area contributed by atoms with Crippen molar-refractivity contribution in [1.82, 2.24) is 0 Å². The molecule has 0 rings (SSSR count). The molecule has 0 atom stereocenters. The number of hydrogen-bond acceptors (Lipinski definition) is 3. The third-order valence-corrected chi connectivity index (χ3v) is 1.71. The van der Waals surface area contributed by atoms with Gasteiger partial charge in [0, 0.05) is 0 Å². The van der Waals surface area contributed by atoms with Gasteiger partial charge in [-0.25, -0.2) is 0 Å². The van der Waals surface area contributed by atoms with E-state index in [1.165, 1.54) is 25.7 Å². The van der Waals surface area contributed by atoms with Gasteiger partial charge in [-0.05, 0) is 12.8 Å². The van der Waals surface area contributed by atoms with Gasteiger partial charge < -0.3 is 17.2 Å². The van der Waals surface area contributed by atoms with Gasteiger partial charge in [-0.2, -0.15) is 0 Å². The summed E-state index contributed by atoms with van der Waals surface area (Å²) in [6.45, 7) is 2.19. The van der Waals surface area contributed by atoms with E-state index in [1.807, 2.05) is 0 Å². The second-order valence-corrected chi connectivity index (χ2v) is 3.28. The van der Waals surface area contributed by atoms with E-state index in [9.17, 15) is 0 Å². The Balaban J connectivity index is 3.02. The van der Waals surface area contributed by atoms with Crippen molar-refractivity contribution in [2.75, 3.05) is 0 Å². The Morgan fingerprint density at radius 3 is 1.91 bits per heavy atom. The number of unbranched alkanes of at least 4 members (excludes halogenated alkanes) is 4. The third-order valence-electron chi connectivity index (χ3n) is 1.71. The highest BCUT2D eigenvalue weighted by atomic mass is 15.1. The molecular formula is C8H21N3. The zero-order chi connectivity index (χ0) is 8.74. The Morgan fingerprint density at radius 1 is 0.909 bits per heavy atom. The molecule has 0 aliphatic heterocycles. The van der Waals surface area contributed by atoms with Gasteiger partial charge in [0.05, 0.1) is 0 Å².